The summed E-state index contributed by atoms with van der Waals surface area (Å²) in [5.74, 6) is -1.02. The van der Waals surface area contributed by atoms with Gasteiger partial charge in [0.05, 0.1) is 19.8 Å². The smallest absolute Gasteiger partial charge is 0.462 e. The molecule has 0 radical (unpaired) electrons. The molecule has 10 nitrogen and oxygen atoms in total. The highest BCUT2D eigenvalue weighted by Gasteiger charge is 2.27. The van der Waals surface area contributed by atoms with Crippen molar-refractivity contribution in [2.24, 2.45) is 0 Å². The molecule has 0 rings (SSSR count). The molecule has 0 amide bonds. The zero-order valence-corrected chi connectivity index (χ0v) is 35.0. The van der Waals surface area contributed by atoms with Crippen LogP contribution in [0.3, 0.4) is 0 Å². The fraction of sp³-hybridized carbons (Fsp3) is 0.682. The minimum Gasteiger partial charge on any atom is -0.462 e. The number of aliphatic hydroxyl groups is 2. The average molecular weight is 795 g/mol. The van der Waals surface area contributed by atoms with Crippen molar-refractivity contribution in [2.45, 2.75) is 167 Å². The molecular formula is C44H75O10P. The van der Waals surface area contributed by atoms with Crippen LogP contribution in [0.2, 0.25) is 0 Å². The van der Waals surface area contributed by atoms with Crippen molar-refractivity contribution in [3.05, 3.63) is 72.9 Å². The molecule has 11 heteroatoms. The maximum atomic E-state index is 12.6. The second-order valence-corrected chi connectivity index (χ2v) is 15.1. The second-order valence-electron chi connectivity index (χ2n) is 13.6. The maximum Gasteiger partial charge on any atom is 0.472 e. The molecule has 3 N–H and O–H groups in total. The Morgan fingerprint density at radius 3 is 1.58 bits per heavy atom. The van der Waals surface area contributed by atoms with Crippen molar-refractivity contribution in [1.82, 2.24) is 0 Å². The van der Waals surface area contributed by atoms with Crippen LogP contribution in [0.5, 0.6) is 0 Å². The van der Waals surface area contributed by atoms with Gasteiger partial charge in [-0.15, -0.1) is 0 Å². The Morgan fingerprint density at radius 2 is 1.02 bits per heavy atom. The zero-order chi connectivity index (χ0) is 40.5. The number of ether oxygens (including phenoxy) is 2. The predicted molar refractivity (Wildman–Crippen MR) is 223 cm³/mol. The number of allylic oxidation sites excluding steroid dienone is 12. The van der Waals surface area contributed by atoms with E-state index in [2.05, 4.69) is 85.2 Å². The third-order valence-electron chi connectivity index (χ3n) is 8.34. The number of hydrogen-bond donors (Lipinski definition) is 3. The van der Waals surface area contributed by atoms with E-state index < -0.39 is 51.8 Å². The summed E-state index contributed by atoms with van der Waals surface area (Å²) in [6, 6.07) is 0. The lowest BCUT2D eigenvalue weighted by Gasteiger charge is -2.20. The molecule has 0 aliphatic rings. The Kier molecular flexibility index (Phi) is 37.8. The lowest BCUT2D eigenvalue weighted by molar-refractivity contribution is -0.161. The molecule has 0 aliphatic carbocycles. The van der Waals surface area contributed by atoms with Crippen LogP contribution in [-0.2, 0) is 32.7 Å². The van der Waals surface area contributed by atoms with E-state index in [-0.39, 0.29) is 19.4 Å². The monoisotopic (exact) mass is 795 g/mol. The summed E-state index contributed by atoms with van der Waals surface area (Å²) in [5.41, 5.74) is 0. The van der Waals surface area contributed by atoms with Crippen molar-refractivity contribution >= 4 is 19.8 Å². The summed E-state index contributed by atoms with van der Waals surface area (Å²) >= 11 is 0. The van der Waals surface area contributed by atoms with Gasteiger partial charge in [-0.2, -0.15) is 0 Å². The van der Waals surface area contributed by atoms with Gasteiger partial charge in [-0.3, -0.25) is 18.6 Å². The fourth-order valence-corrected chi connectivity index (χ4v) is 5.93. The Morgan fingerprint density at radius 1 is 0.564 bits per heavy atom. The number of esters is 2. The molecule has 0 aromatic heterocycles. The molecule has 0 aliphatic heterocycles. The van der Waals surface area contributed by atoms with Crippen LogP contribution in [0, 0.1) is 0 Å². The number of hydrogen-bond acceptors (Lipinski definition) is 9. The number of carbonyl (C=O) groups is 2. The second kappa shape index (κ2) is 39.6. The number of rotatable bonds is 38. The SMILES string of the molecule is CC/C=C/C/C=C/C/C=C/C/C=C/C/C=C/CCCC(=O)OC[C@H](COP(=O)(O)OC[C@@H](O)CO)OC(=O)CCCCC/C=C/CCCCCCCCCC. The summed E-state index contributed by atoms with van der Waals surface area (Å²) in [6.07, 6.45) is 44.5. The van der Waals surface area contributed by atoms with E-state index in [0.717, 1.165) is 57.8 Å². The van der Waals surface area contributed by atoms with Crippen LogP contribution in [0.15, 0.2) is 72.9 Å². The van der Waals surface area contributed by atoms with Gasteiger partial charge in [0.2, 0.25) is 0 Å². The molecule has 3 atom stereocenters. The van der Waals surface area contributed by atoms with Crippen molar-refractivity contribution in [3.8, 4) is 0 Å². The Hall–Kier alpha value is -2.59. The summed E-state index contributed by atoms with van der Waals surface area (Å²) in [4.78, 5) is 34.9. The molecule has 0 saturated heterocycles. The van der Waals surface area contributed by atoms with Crippen LogP contribution < -0.4 is 0 Å². The van der Waals surface area contributed by atoms with Crippen LogP contribution in [0.25, 0.3) is 0 Å². The topological polar surface area (TPSA) is 149 Å². The molecule has 0 aromatic rings. The number of phosphoric acid groups is 1. The van der Waals surface area contributed by atoms with E-state index in [9.17, 15) is 24.2 Å². The van der Waals surface area contributed by atoms with Gasteiger partial charge >= 0.3 is 19.8 Å². The van der Waals surface area contributed by atoms with E-state index in [1.165, 1.54) is 51.4 Å². The molecule has 0 saturated carbocycles. The zero-order valence-electron chi connectivity index (χ0n) is 34.1. The van der Waals surface area contributed by atoms with Gasteiger partial charge in [-0.05, 0) is 77.0 Å². The van der Waals surface area contributed by atoms with Crippen LogP contribution >= 0.6 is 7.82 Å². The highest BCUT2D eigenvalue weighted by atomic mass is 31.2. The molecule has 55 heavy (non-hydrogen) atoms. The first-order chi connectivity index (χ1) is 26.7. The minimum absolute atomic E-state index is 0.148. The summed E-state index contributed by atoms with van der Waals surface area (Å²) in [5, 5.41) is 18.3. The van der Waals surface area contributed by atoms with E-state index in [1.54, 1.807) is 0 Å². The molecular weight excluding hydrogens is 719 g/mol. The largest absolute Gasteiger partial charge is 0.472 e. The lowest BCUT2D eigenvalue weighted by atomic mass is 10.1. The predicted octanol–water partition coefficient (Wildman–Crippen LogP) is 10.9. The Balaban J connectivity index is 4.45. The van der Waals surface area contributed by atoms with Crippen molar-refractivity contribution in [3.63, 3.8) is 0 Å². The van der Waals surface area contributed by atoms with Gasteiger partial charge in [-0.1, -0.05) is 138 Å². The third-order valence-corrected chi connectivity index (χ3v) is 9.30. The molecule has 0 bridgehead atoms. The standard InChI is InChI=1S/C44H75O10P/c1-3-5-7-9-11-13-15-17-19-20-22-23-25-27-29-31-33-35-43(47)51-39-42(40-53-55(49,50)52-38-41(46)37-45)54-44(48)36-34-32-30-28-26-24-21-18-16-14-12-10-8-6-4-2/h5,7,11,13,17,19,22-24,26-27,29,41-42,45-46H,3-4,6,8-10,12,14-16,18,20-21,25,28,30-40H2,1-2H3,(H,49,50)/b7-5+,13-11+,19-17+,23-22+,26-24+,29-27+/t41-,42+/m0/s1. The maximum absolute atomic E-state index is 12.6. The normalized spacial score (nSPS) is 14.6. The summed E-state index contributed by atoms with van der Waals surface area (Å²) in [6.45, 7) is 2.16. The lowest BCUT2D eigenvalue weighted by Crippen LogP contribution is -2.29. The molecule has 0 heterocycles. The first-order valence-electron chi connectivity index (χ1n) is 20.9. The number of unbranched alkanes of at least 4 members (excludes halogenated alkanes) is 12. The number of carbonyl (C=O) groups excluding carboxylic acids is 2. The van der Waals surface area contributed by atoms with Crippen LogP contribution in [0.1, 0.15) is 155 Å². The Bertz CT molecular complexity index is 1140. The molecule has 316 valence electrons. The van der Waals surface area contributed by atoms with Crippen molar-refractivity contribution < 1.29 is 47.8 Å². The fourth-order valence-electron chi connectivity index (χ4n) is 5.14. The highest BCUT2D eigenvalue weighted by molar-refractivity contribution is 7.47. The van der Waals surface area contributed by atoms with Crippen LogP contribution in [0.4, 0.5) is 0 Å². The summed E-state index contributed by atoms with van der Waals surface area (Å²) < 4.78 is 32.6. The van der Waals surface area contributed by atoms with Gasteiger partial charge < -0.3 is 24.6 Å². The highest BCUT2D eigenvalue weighted by Crippen LogP contribution is 2.43. The van der Waals surface area contributed by atoms with Gasteiger partial charge in [0, 0.05) is 12.8 Å². The van der Waals surface area contributed by atoms with Gasteiger partial charge in [-0.25, -0.2) is 4.57 Å². The molecule has 1 unspecified atom stereocenters. The first-order valence-corrected chi connectivity index (χ1v) is 22.4. The average Bonchev–Trinajstić information content (AvgIpc) is 3.17. The van der Waals surface area contributed by atoms with Gasteiger partial charge in [0.15, 0.2) is 6.10 Å². The van der Waals surface area contributed by atoms with Crippen molar-refractivity contribution in [2.75, 3.05) is 26.4 Å². The number of aliphatic hydroxyl groups excluding tert-OH is 2. The van der Waals surface area contributed by atoms with E-state index >= 15 is 0 Å². The van der Waals surface area contributed by atoms with E-state index in [0.29, 0.717) is 19.3 Å². The molecule has 0 fully saturated rings. The summed E-state index contributed by atoms with van der Waals surface area (Å²) in [7, 11) is -4.64. The van der Waals surface area contributed by atoms with E-state index in [4.69, 9.17) is 19.1 Å². The quantitative estimate of drug-likeness (QED) is 0.0239. The molecule has 0 spiro atoms. The number of phosphoric ester groups is 1. The van der Waals surface area contributed by atoms with Crippen molar-refractivity contribution in [1.29, 1.82) is 0 Å². The first kappa shape index (κ1) is 52.4. The van der Waals surface area contributed by atoms with Gasteiger partial charge in [0.25, 0.3) is 0 Å². The van der Waals surface area contributed by atoms with Gasteiger partial charge in [0.1, 0.15) is 12.7 Å². The third kappa shape index (κ3) is 39.4. The molecule has 0 aromatic carbocycles. The van der Waals surface area contributed by atoms with E-state index in [1.807, 2.05) is 6.08 Å². The van der Waals surface area contributed by atoms with Crippen LogP contribution in [-0.4, -0.2) is 65.7 Å². The minimum atomic E-state index is -4.64. The Labute approximate surface area is 333 Å².